The Morgan fingerprint density at radius 2 is 1.97 bits per heavy atom. The number of oxime groups is 1. The number of nitrogens with zero attached hydrogens (tertiary/aromatic N) is 3. The summed E-state index contributed by atoms with van der Waals surface area (Å²) >= 11 is 5.98. The summed E-state index contributed by atoms with van der Waals surface area (Å²) in [5.74, 6) is -0.262. The zero-order valence-electron chi connectivity index (χ0n) is 18.0. The first kappa shape index (κ1) is 23.1. The van der Waals surface area contributed by atoms with Crippen LogP contribution in [-0.4, -0.2) is 78.8 Å². The molecule has 0 aromatic heterocycles. The Balaban J connectivity index is 1.37. The van der Waals surface area contributed by atoms with Gasteiger partial charge in [-0.15, -0.1) is 0 Å². The minimum atomic E-state index is -0.528. The molecule has 2 heterocycles. The normalized spacial score (nSPS) is 20.2. The van der Waals surface area contributed by atoms with Crippen LogP contribution in [0.5, 0.6) is 0 Å². The summed E-state index contributed by atoms with van der Waals surface area (Å²) in [6.07, 6.45) is 0.00504. The predicted octanol–water partition coefficient (Wildman–Crippen LogP) is 3.17. The van der Waals surface area contributed by atoms with Crippen LogP contribution in [0.4, 0.5) is 4.39 Å². The van der Waals surface area contributed by atoms with E-state index in [1.807, 2.05) is 30.3 Å². The van der Waals surface area contributed by atoms with E-state index in [2.05, 4.69) is 15.0 Å². The number of ether oxygens (including phenoxy) is 1. The molecule has 2 aliphatic heterocycles. The molecule has 0 aliphatic carbocycles. The van der Waals surface area contributed by atoms with Gasteiger partial charge in [0.1, 0.15) is 11.9 Å². The summed E-state index contributed by atoms with van der Waals surface area (Å²) in [6.45, 7) is 5.19. The van der Waals surface area contributed by atoms with Gasteiger partial charge in [0, 0.05) is 50.7 Å². The fourth-order valence-electron chi connectivity index (χ4n) is 4.16. The third-order valence-corrected chi connectivity index (χ3v) is 5.96. The van der Waals surface area contributed by atoms with Crippen molar-refractivity contribution >= 4 is 17.3 Å². The van der Waals surface area contributed by atoms with Crippen molar-refractivity contribution in [1.82, 2.24) is 9.80 Å². The minimum Gasteiger partial charge on any atom is -0.390 e. The maximum absolute atomic E-state index is 13.7. The van der Waals surface area contributed by atoms with Crippen molar-refractivity contribution in [2.24, 2.45) is 5.16 Å². The average molecular weight is 462 g/mol. The highest BCUT2D eigenvalue weighted by Crippen LogP contribution is 2.20. The zero-order valence-corrected chi connectivity index (χ0v) is 18.8. The molecule has 1 fully saturated rings. The second-order valence-electron chi connectivity index (χ2n) is 8.37. The van der Waals surface area contributed by atoms with Crippen LogP contribution < -0.4 is 0 Å². The SMILES string of the molecule is O[C@@H](CN1CCOCC1)CN(Cc1cccc(F)c1)C[C@@H]1CC(c2ccc(Cl)cc2)=NO1. The standard InChI is InChI=1S/C24H29ClFN3O3/c25-20-6-4-19(5-7-20)24-13-23(32-27-24)17-29(14-18-2-1-3-21(26)12-18)16-22(30)15-28-8-10-31-11-9-28/h1-7,12,22-23,30H,8-11,13-17H2/t22-,23-/m0/s1. The van der Waals surface area contributed by atoms with Crippen molar-refractivity contribution in [1.29, 1.82) is 0 Å². The van der Waals surface area contributed by atoms with Crippen molar-refractivity contribution in [3.05, 3.63) is 70.5 Å². The fraction of sp³-hybridized carbons (Fsp3) is 0.458. The van der Waals surface area contributed by atoms with E-state index >= 15 is 0 Å². The predicted molar refractivity (Wildman–Crippen MR) is 122 cm³/mol. The molecule has 6 nitrogen and oxygen atoms in total. The summed E-state index contributed by atoms with van der Waals surface area (Å²) in [5, 5.41) is 15.7. The molecule has 0 unspecified atom stereocenters. The summed E-state index contributed by atoms with van der Waals surface area (Å²) < 4.78 is 19.1. The summed E-state index contributed by atoms with van der Waals surface area (Å²) in [6, 6.07) is 14.1. The second kappa shape index (κ2) is 11.2. The molecular weight excluding hydrogens is 433 g/mol. The van der Waals surface area contributed by atoms with E-state index in [4.69, 9.17) is 21.2 Å². The molecule has 2 aromatic rings. The fourth-order valence-corrected chi connectivity index (χ4v) is 4.29. The maximum Gasteiger partial charge on any atom is 0.145 e. The number of halogens is 2. The van der Waals surface area contributed by atoms with E-state index in [0.717, 1.165) is 29.9 Å². The molecule has 4 rings (SSSR count). The number of morpholine rings is 1. The maximum atomic E-state index is 13.7. The number of hydrogen-bond donors (Lipinski definition) is 1. The molecule has 8 heteroatoms. The van der Waals surface area contributed by atoms with Crippen molar-refractivity contribution in [2.75, 3.05) is 45.9 Å². The monoisotopic (exact) mass is 461 g/mol. The molecule has 1 saturated heterocycles. The minimum absolute atomic E-state index is 0.134. The first-order valence-electron chi connectivity index (χ1n) is 11.0. The van der Waals surface area contributed by atoms with Gasteiger partial charge in [-0.25, -0.2) is 4.39 Å². The number of benzene rings is 2. The first-order chi connectivity index (χ1) is 15.5. The summed E-state index contributed by atoms with van der Waals surface area (Å²) in [5.41, 5.74) is 2.73. The van der Waals surface area contributed by atoms with Crippen LogP contribution in [0.25, 0.3) is 0 Å². The lowest BCUT2D eigenvalue weighted by Gasteiger charge is -2.31. The van der Waals surface area contributed by atoms with Gasteiger partial charge in [-0.2, -0.15) is 0 Å². The van der Waals surface area contributed by atoms with E-state index in [0.29, 0.717) is 50.8 Å². The Labute approximate surface area is 193 Å². The van der Waals surface area contributed by atoms with Gasteiger partial charge in [0.2, 0.25) is 0 Å². The Morgan fingerprint density at radius 1 is 1.19 bits per heavy atom. The lowest BCUT2D eigenvalue weighted by molar-refractivity contribution is -0.00266. The molecule has 2 aliphatic rings. The van der Waals surface area contributed by atoms with E-state index < -0.39 is 6.10 Å². The molecule has 0 amide bonds. The molecule has 1 N–H and O–H groups in total. The van der Waals surface area contributed by atoms with Crippen molar-refractivity contribution in [2.45, 2.75) is 25.2 Å². The molecular formula is C24H29ClFN3O3. The van der Waals surface area contributed by atoms with Crippen molar-refractivity contribution in [3.8, 4) is 0 Å². The third kappa shape index (κ3) is 6.73. The van der Waals surface area contributed by atoms with Crippen molar-refractivity contribution < 1.29 is 19.1 Å². The van der Waals surface area contributed by atoms with Crippen LogP contribution in [0.3, 0.4) is 0 Å². The molecule has 0 saturated carbocycles. The lowest BCUT2D eigenvalue weighted by atomic mass is 10.0. The largest absolute Gasteiger partial charge is 0.390 e. The van der Waals surface area contributed by atoms with Gasteiger partial charge < -0.3 is 14.7 Å². The molecule has 0 bridgehead atoms. The molecule has 0 radical (unpaired) electrons. The van der Waals surface area contributed by atoms with Crippen molar-refractivity contribution in [3.63, 3.8) is 0 Å². The van der Waals surface area contributed by atoms with Crippen LogP contribution in [0, 0.1) is 5.82 Å². The van der Waals surface area contributed by atoms with Crippen LogP contribution in [0.2, 0.25) is 5.02 Å². The zero-order chi connectivity index (χ0) is 22.3. The second-order valence-corrected chi connectivity index (χ2v) is 8.80. The van der Waals surface area contributed by atoms with E-state index in [-0.39, 0.29) is 11.9 Å². The van der Waals surface area contributed by atoms with Gasteiger partial charge in [0.25, 0.3) is 0 Å². The number of rotatable bonds is 9. The Bertz CT molecular complexity index is 906. The molecule has 32 heavy (non-hydrogen) atoms. The smallest absolute Gasteiger partial charge is 0.145 e. The van der Waals surface area contributed by atoms with Gasteiger partial charge in [-0.3, -0.25) is 9.80 Å². The van der Waals surface area contributed by atoms with Gasteiger partial charge in [0.15, 0.2) is 0 Å². The van der Waals surface area contributed by atoms with Gasteiger partial charge in [0.05, 0.1) is 25.0 Å². The highest BCUT2D eigenvalue weighted by Gasteiger charge is 2.26. The Kier molecular flexibility index (Phi) is 8.10. The first-order valence-corrected chi connectivity index (χ1v) is 11.4. The number of aliphatic hydroxyl groups excluding tert-OH is 1. The molecule has 2 aromatic carbocycles. The quantitative estimate of drug-likeness (QED) is 0.621. The van der Waals surface area contributed by atoms with Gasteiger partial charge in [-0.1, -0.05) is 41.0 Å². The summed E-state index contributed by atoms with van der Waals surface area (Å²) in [7, 11) is 0. The lowest BCUT2D eigenvalue weighted by Crippen LogP contribution is -2.45. The van der Waals surface area contributed by atoms with E-state index in [1.165, 1.54) is 12.1 Å². The van der Waals surface area contributed by atoms with Gasteiger partial charge in [-0.05, 0) is 35.4 Å². The number of β-amino-alcohol motifs (C(OH)–C–C–N with tert-alkyl or cyclic N) is 1. The topological polar surface area (TPSA) is 57.5 Å². The molecule has 0 spiro atoms. The van der Waals surface area contributed by atoms with Crippen LogP contribution in [0.15, 0.2) is 53.7 Å². The van der Waals surface area contributed by atoms with Gasteiger partial charge >= 0.3 is 0 Å². The van der Waals surface area contributed by atoms with E-state index in [9.17, 15) is 9.50 Å². The molecule has 172 valence electrons. The highest BCUT2D eigenvalue weighted by molar-refractivity contribution is 6.30. The Morgan fingerprint density at radius 3 is 2.72 bits per heavy atom. The molecule has 2 atom stereocenters. The van der Waals surface area contributed by atoms with E-state index in [1.54, 1.807) is 6.07 Å². The van der Waals surface area contributed by atoms with Crippen LogP contribution in [-0.2, 0) is 16.1 Å². The third-order valence-electron chi connectivity index (χ3n) is 5.71. The number of hydrogen-bond acceptors (Lipinski definition) is 6. The number of aliphatic hydroxyl groups is 1. The van der Waals surface area contributed by atoms with Crippen LogP contribution >= 0.6 is 11.6 Å². The highest BCUT2D eigenvalue weighted by atomic mass is 35.5. The average Bonchev–Trinajstić information content (AvgIpc) is 3.23. The van der Waals surface area contributed by atoms with Crippen LogP contribution in [0.1, 0.15) is 17.5 Å². The summed E-state index contributed by atoms with van der Waals surface area (Å²) in [4.78, 5) is 10.0. The Hall–Kier alpha value is -2.03.